The minimum Gasteiger partial charge on any atom is -0.379 e. The first-order chi connectivity index (χ1) is 13.4. The van der Waals surface area contributed by atoms with Gasteiger partial charge in [0.05, 0.1) is 18.3 Å². The van der Waals surface area contributed by atoms with Gasteiger partial charge in [-0.05, 0) is 36.8 Å². The van der Waals surface area contributed by atoms with Crippen LogP contribution >= 0.6 is 24.0 Å². The molecule has 1 fully saturated rings. The van der Waals surface area contributed by atoms with Crippen molar-refractivity contribution in [2.75, 3.05) is 40.0 Å². The van der Waals surface area contributed by atoms with Crippen molar-refractivity contribution in [2.24, 2.45) is 4.99 Å². The second kappa shape index (κ2) is 13.3. The molecule has 2 N–H and O–H groups in total. The van der Waals surface area contributed by atoms with Crippen LogP contribution in [0, 0.1) is 0 Å². The highest BCUT2D eigenvalue weighted by atomic mass is 127. The average molecular weight is 529 g/mol. The molecule has 2 atom stereocenters. The van der Waals surface area contributed by atoms with Gasteiger partial charge in [-0.3, -0.25) is 4.99 Å². The number of alkyl halides is 3. The standard InChI is InChI=1S/C20H30F3N3O2.HI/c1-15(16-5-3-6-17(13-16)20(21,22)23)7-10-26-19(24-2)25-9-4-11-28-18-8-12-27-14-18;/h3,5-6,13,15,18H,4,7-12,14H2,1-2H3,(H2,24,25,26);1H. The third-order valence-electron chi connectivity index (χ3n) is 4.73. The predicted octanol–water partition coefficient (Wildman–Crippen LogP) is 4.18. The summed E-state index contributed by atoms with van der Waals surface area (Å²) in [6.07, 6.45) is -1.57. The first-order valence-electron chi connectivity index (χ1n) is 9.71. The summed E-state index contributed by atoms with van der Waals surface area (Å²) in [6, 6.07) is 5.53. The highest BCUT2D eigenvalue weighted by molar-refractivity contribution is 14.0. The first-order valence-corrected chi connectivity index (χ1v) is 9.71. The Labute approximate surface area is 187 Å². The van der Waals surface area contributed by atoms with Crippen LogP contribution < -0.4 is 10.6 Å². The molecule has 2 rings (SSSR count). The van der Waals surface area contributed by atoms with Crippen LogP contribution in [0.5, 0.6) is 0 Å². The second-order valence-corrected chi connectivity index (χ2v) is 6.95. The number of benzene rings is 1. The van der Waals surface area contributed by atoms with Gasteiger partial charge in [-0.15, -0.1) is 24.0 Å². The summed E-state index contributed by atoms with van der Waals surface area (Å²) >= 11 is 0. The van der Waals surface area contributed by atoms with E-state index in [1.807, 2.05) is 6.92 Å². The van der Waals surface area contributed by atoms with Gasteiger partial charge in [-0.1, -0.05) is 25.1 Å². The largest absolute Gasteiger partial charge is 0.416 e. The molecule has 0 radical (unpaired) electrons. The topological polar surface area (TPSA) is 54.9 Å². The maximum atomic E-state index is 12.8. The van der Waals surface area contributed by atoms with Crippen molar-refractivity contribution in [3.63, 3.8) is 0 Å². The van der Waals surface area contributed by atoms with Gasteiger partial charge in [0.25, 0.3) is 0 Å². The molecule has 1 saturated heterocycles. The van der Waals surface area contributed by atoms with Crippen LogP contribution in [0.3, 0.4) is 0 Å². The van der Waals surface area contributed by atoms with E-state index < -0.39 is 11.7 Å². The van der Waals surface area contributed by atoms with Gasteiger partial charge < -0.3 is 20.1 Å². The molecule has 5 nitrogen and oxygen atoms in total. The smallest absolute Gasteiger partial charge is 0.379 e. The Morgan fingerprint density at radius 3 is 2.72 bits per heavy atom. The van der Waals surface area contributed by atoms with Crippen LogP contribution in [0.25, 0.3) is 0 Å². The summed E-state index contributed by atoms with van der Waals surface area (Å²) < 4.78 is 49.5. The lowest BCUT2D eigenvalue weighted by molar-refractivity contribution is -0.137. The Morgan fingerprint density at radius 1 is 1.31 bits per heavy atom. The van der Waals surface area contributed by atoms with Crippen molar-refractivity contribution >= 4 is 29.9 Å². The van der Waals surface area contributed by atoms with Crippen molar-refractivity contribution in [2.45, 2.75) is 44.4 Å². The molecule has 1 heterocycles. The maximum Gasteiger partial charge on any atom is 0.416 e. The van der Waals surface area contributed by atoms with Gasteiger partial charge in [0.2, 0.25) is 0 Å². The van der Waals surface area contributed by atoms with Crippen molar-refractivity contribution in [3.05, 3.63) is 35.4 Å². The molecule has 0 aromatic heterocycles. The van der Waals surface area contributed by atoms with Crippen LogP contribution in [-0.4, -0.2) is 52.0 Å². The zero-order valence-corrected chi connectivity index (χ0v) is 19.3. The van der Waals surface area contributed by atoms with E-state index in [0.29, 0.717) is 37.7 Å². The van der Waals surface area contributed by atoms with E-state index in [-0.39, 0.29) is 36.0 Å². The maximum absolute atomic E-state index is 12.8. The first kappa shape index (κ1) is 26.0. The van der Waals surface area contributed by atoms with Crippen LogP contribution in [0.2, 0.25) is 0 Å². The Bertz CT molecular complexity index is 623. The zero-order chi connectivity index (χ0) is 20.4. The van der Waals surface area contributed by atoms with Crippen LogP contribution in [-0.2, 0) is 15.7 Å². The number of hydrogen-bond donors (Lipinski definition) is 2. The number of nitrogens with zero attached hydrogens (tertiary/aromatic N) is 1. The van der Waals surface area contributed by atoms with Gasteiger partial charge in [0.15, 0.2) is 5.96 Å². The number of hydrogen-bond acceptors (Lipinski definition) is 3. The Hall–Kier alpha value is -1.07. The summed E-state index contributed by atoms with van der Waals surface area (Å²) in [6.45, 7) is 5.41. The third-order valence-corrected chi connectivity index (χ3v) is 4.73. The molecule has 1 aliphatic heterocycles. The van der Waals surface area contributed by atoms with E-state index in [1.54, 1.807) is 13.1 Å². The number of nitrogens with one attached hydrogen (secondary N) is 2. The van der Waals surface area contributed by atoms with Gasteiger partial charge in [0, 0.05) is 33.4 Å². The molecule has 1 aromatic carbocycles. The lowest BCUT2D eigenvalue weighted by Gasteiger charge is -2.16. The van der Waals surface area contributed by atoms with Crippen LogP contribution in [0.1, 0.15) is 43.2 Å². The number of rotatable bonds is 9. The van der Waals surface area contributed by atoms with E-state index in [1.165, 1.54) is 12.1 Å². The summed E-state index contributed by atoms with van der Waals surface area (Å²) in [5, 5.41) is 6.42. The fraction of sp³-hybridized carbons (Fsp3) is 0.650. The molecule has 1 aromatic rings. The molecular formula is C20H31F3IN3O2. The van der Waals surface area contributed by atoms with E-state index in [0.717, 1.165) is 32.1 Å². The normalized spacial score (nSPS) is 18.2. The fourth-order valence-electron chi connectivity index (χ4n) is 2.99. The lowest BCUT2D eigenvalue weighted by Crippen LogP contribution is -2.38. The van der Waals surface area contributed by atoms with Gasteiger partial charge in [0.1, 0.15) is 0 Å². The average Bonchev–Trinajstić information content (AvgIpc) is 3.19. The molecule has 0 spiro atoms. The molecule has 0 amide bonds. The SMILES string of the molecule is CN=C(NCCCOC1CCOC1)NCCC(C)c1cccc(C(F)(F)F)c1.I. The van der Waals surface area contributed by atoms with Gasteiger partial charge >= 0.3 is 6.18 Å². The van der Waals surface area contributed by atoms with E-state index in [9.17, 15) is 13.2 Å². The molecule has 1 aliphatic rings. The van der Waals surface area contributed by atoms with E-state index in [4.69, 9.17) is 9.47 Å². The van der Waals surface area contributed by atoms with E-state index >= 15 is 0 Å². The summed E-state index contributed by atoms with van der Waals surface area (Å²) in [5.41, 5.74) is 0.0845. The van der Waals surface area contributed by atoms with Crippen LogP contribution in [0.4, 0.5) is 13.2 Å². The molecule has 2 unspecified atom stereocenters. The fourth-order valence-corrected chi connectivity index (χ4v) is 2.99. The quantitative estimate of drug-likeness (QED) is 0.218. The minimum absolute atomic E-state index is 0. The molecule has 166 valence electrons. The Kier molecular flexibility index (Phi) is 11.9. The van der Waals surface area contributed by atoms with E-state index in [2.05, 4.69) is 15.6 Å². The molecule has 29 heavy (non-hydrogen) atoms. The summed E-state index contributed by atoms with van der Waals surface area (Å²) in [5.74, 6) is 0.690. The third kappa shape index (κ3) is 9.52. The lowest BCUT2D eigenvalue weighted by atomic mass is 9.96. The van der Waals surface area contributed by atoms with Crippen molar-refractivity contribution in [3.8, 4) is 0 Å². The van der Waals surface area contributed by atoms with Crippen molar-refractivity contribution in [1.29, 1.82) is 0 Å². The Balaban J connectivity index is 0.00000420. The monoisotopic (exact) mass is 529 g/mol. The highest BCUT2D eigenvalue weighted by Crippen LogP contribution is 2.31. The molecule has 9 heteroatoms. The second-order valence-electron chi connectivity index (χ2n) is 6.95. The predicted molar refractivity (Wildman–Crippen MR) is 119 cm³/mol. The summed E-state index contributed by atoms with van der Waals surface area (Å²) in [7, 11) is 1.69. The number of halogens is 4. The highest BCUT2D eigenvalue weighted by Gasteiger charge is 2.30. The molecular weight excluding hydrogens is 498 g/mol. The molecule has 0 saturated carbocycles. The number of guanidine groups is 1. The van der Waals surface area contributed by atoms with Gasteiger partial charge in [-0.25, -0.2) is 0 Å². The van der Waals surface area contributed by atoms with Crippen molar-refractivity contribution < 1.29 is 22.6 Å². The van der Waals surface area contributed by atoms with Crippen molar-refractivity contribution in [1.82, 2.24) is 10.6 Å². The zero-order valence-electron chi connectivity index (χ0n) is 16.9. The number of ether oxygens (including phenoxy) is 2. The molecule has 0 aliphatic carbocycles. The van der Waals surface area contributed by atoms with Crippen LogP contribution in [0.15, 0.2) is 29.3 Å². The Morgan fingerprint density at radius 2 is 2.07 bits per heavy atom. The summed E-state index contributed by atoms with van der Waals surface area (Å²) in [4.78, 5) is 4.16. The van der Waals surface area contributed by atoms with Gasteiger partial charge in [-0.2, -0.15) is 13.2 Å². The molecule has 0 bridgehead atoms. The number of aliphatic imine (C=N–C) groups is 1. The minimum atomic E-state index is -4.31.